The van der Waals surface area contributed by atoms with E-state index in [1.807, 2.05) is 84.9 Å². The molecule has 258 valence electrons. The number of furan rings is 2. The van der Waals surface area contributed by atoms with Gasteiger partial charge >= 0.3 is 0 Å². The van der Waals surface area contributed by atoms with Crippen LogP contribution in [0.4, 0.5) is 0 Å². The molecule has 0 aliphatic carbocycles. The zero-order valence-corrected chi connectivity index (χ0v) is 29.6. The second-order valence-corrected chi connectivity index (χ2v) is 14.2. The molecule has 0 aliphatic rings. The minimum atomic E-state index is 0.518. The summed E-state index contributed by atoms with van der Waals surface area (Å²) in [5.74, 6) is 0. The first kappa shape index (κ1) is 30.4. The number of rotatable bonds is 3. The van der Waals surface area contributed by atoms with Gasteiger partial charge in [-0.25, -0.2) is 0 Å². The molecule has 0 radical (unpaired) electrons. The van der Waals surface area contributed by atoms with Crippen LogP contribution < -0.4 is 0 Å². The smallest absolute Gasteiger partial charge is 0.136 e. The van der Waals surface area contributed by atoms with Crippen molar-refractivity contribution in [2.45, 2.75) is 0 Å². The lowest BCUT2D eigenvalue weighted by atomic mass is 9.95. The van der Waals surface area contributed by atoms with E-state index < -0.39 is 0 Å². The van der Waals surface area contributed by atoms with Gasteiger partial charge in [-0.1, -0.05) is 97.1 Å². The van der Waals surface area contributed by atoms with Crippen LogP contribution in [0.15, 0.2) is 167 Å². The Labute approximate surface area is 318 Å². The van der Waals surface area contributed by atoms with Gasteiger partial charge in [0.2, 0.25) is 0 Å². The van der Waals surface area contributed by atoms with Crippen molar-refractivity contribution in [1.29, 1.82) is 10.5 Å². The highest BCUT2D eigenvalue weighted by molar-refractivity contribution is 6.29. The Morgan fingerprint density at radius 2 is 0.750 bits per heavy atom. The van der Waals surface area contributed by atoms with E-state index in [1.165, 1.54) is 0 Å². The first-order valence-electron chi connectivity index (χ1n) is 18.5. The summed E-state index contributed by atoms with van der Waals surface area (Å²) in [4.78, 5) is 0. The predicted molar refractivity (Wildman–Crippen MR) is 225 cm³/mol. The predicted octanol–water partition coefficient (Wildman–Crippen LogP) is 13.1. The molecule has 12 rings (SSSR count). The summed E-state index contributed by atoms with van der Waals surface area (Å²) in [5, 5.41) is 30.1. The van der Waals surface area contributed by atoms with Crippen LogP contribution >= 0.6 is 0 Å². The van der Waals surface area contributed by atoms with Crippen LogP contribution in [-0.4, -0.2) is 9.13 Å². The van der Waals surface area contributed by atoms with E-state index in [1.54, 1.807) is 0 Å². The van der Waals surface area contributed by atoms with E-state index >= 15 is 0 Å². The molecule has 0 bridgehead atoms. The summed E-state index contributed by atoms with van der Waals surface area (Å²) in [6.45, 7) is 0. The molecule has 8 aromatic carbocycles. The summed E-state index contributed by atoms with van der Waals surface area (Å²) in [6.07, 6.45) is 0. The van der Waals surface area contributed by atoms with Crippen molar-refractivity contribution in [3.63, 3.8) is 0 Å². The van der Waals surface area contributed by atoms with E-state index in [9.17, 15) is 10.5 Å². The van der Waals surface area contributed by atoms with E-state index in [4.69, 9.17) is 8.83 Å². The Morgan fingerprint density at radius 1 is 0.339 bits per heavy atom. The van der Waals surface area contributed by atoms with Crippen LogP contribution in [0.1, 0.15) is 11.1 Å². The molecule has 0 saturated carbocycles. The van der Waals surface area contributed by atoms with Crippen molar-refractivity contribution < 1.29 is 8.83 Å². The minimum Gasteiger partial charge on any atom is -0.456 e. The van der Waals surface area contributed by atoms with Crippen LogP contribution in [0.2, 0.25) is 0 Å². The van der Waals surface area contributed by atoms with Crippen molar-refractivity contribution in [2.24, 2.45) is 0 Å². The normalized spacial score (nSPS) is 11.9. The molecule has 0 unspecified atom stereocenters. The minimum absolute atomic E-state index is 0.518. The van der Waals surface area contributed by atoms with Crippen LogP contribution in [0.3, 0.4) is 0 Å². The first-order valence-corrected chi connectivity index (χ1v) is 18.5. The van der Waals surface area contributed by atoms with E-state index in [0.29, 0.717) is 11.1 Å². The van der Waals surface area contributed by atoms with Gasteiger partial charge in [-0.05, 0) is 60.7 Å². The largest absolute Gasteiger partial charge is 0.456 e. The third-order valence-electron chi connectivity index (χ3n) is 11.4. The third kappa shape index (κ3) is 3.92. The number of fused-ring (bicyclic) bond motifs is 14. The molecule has 0 spiro atoms. The Kier molecular flexibility index (Phi) is 6.10. The van der Waals surface area contributed by atoms with Gasteiger partial charge in [-0.3, -0.25) is 0 Å². The quantitative estimate of drug-likeness (QED) is 0.182. The molecule has 6 heteroatoms. The molecule has 4 heterocycles. The Hall–Kier alpha value is -8.06. The molecule has 4 aromatic heterocycles. The number of benzene rings is 8. The van der Waals surface area contributed by atoms with Crippen molar-refractivity contribution >= 4 is 87.5 Å². The SMILES string of the molecule is N#Cc1cccc(-c2cccc(C#N)c2-n2c3ccccc3c3c4c(ccc32)oc2ccccc24)c1-n1c2ccccc2c2c3c(ccc21)oc1ccccc13. The van der Waals surface area contributed by atoms with Gasteiger partial charge in [-0.15, -0.1) is 0 Å². The fraction of sp³-hybridized carbons (Fsp3) is 0. The number of aromatic nitrogens is 2. The van der Waals surface area contributed by atoms with Crippen LogP contribution in [0.25, 0.3) is 110 Å². The zero-order chi connectivity index (χ0) is 37.1. The van der Waals surface area contributed by atoms with Gasteiger partial charge in [0.1, 0.15) is 34.5 Å². The Balaban J connectivity index is 1.23. The third-order valence-corrected chi connectivity index (χ3v) is 11.4. The molecule has 56 heavy (non-hydrogen) atoms. The zero-order valence-electron chi connectivity index (χ0n) is 29.6. The number of nitrogens with zero attached hydrogens (tertiary/aromatic N) is 4. The standard InChI is InChI=1S/C50H26N4O2/c51-27-29-11-9-17-31(49(29)53-37-19-5-1-13-33(37)45-39(53)23-25-43-47(45)35-15-3-7-21-41(35)55-43)32-18-10-12-30(28-52)50(32)54-38-20-6-2-14-34(38)46-40(54)24-26-44-48(46)36-16-4-8-22-42(36)56-44/h1-26H. The molecule has 0 N–H and O–H groups in total. The van der Waals surface area contributed by atoms with Crippen LogP contribution in [-0.2, 0) is 0 Å². The van der Waals surface area contributed by atoms with Gasteiger partial charge in [0.05, 0.1) is 44.6 Å². The molecule has 0 fully saturated rings. The number of hydrogen-bond donors (Lipinski definition) is 0. The van der Waals surface area contributed by atoms with Crippen LogP contribution in [0, 0.1) is 22.7 Å². The molecule has 0 aliphatic heterocycles. The topological polar surface area (TPSA) is 83.7 Å². The van der Waals surface area contributed by atoms with Crippen molar-refractivity contribution in [3.8, 4) is 34.6 Å². The van der Waals surface area contributed by atoms with Crippen molar-refractivity contribution in [2.75, 3.05) is 0 Å². The maximum atomic E-state index is 10.9. The Morgan fingerprint density at radius 3 is 1.20 bits per heavy atom. The highest BCUT2D eigenvalue weighted by Crippen LogP contribution is 2.47. The lowest BCUT2D eigenvalue weighted by Gasteiger charge is -2.20. The summed E-state index contributed by atoms with van der Waals surface area (Å²) >= 11 is 0. The number of para-hydroxylation sites is 6. The average Bonchev–Trinajstić information content (AvgIpc) is 4.00. The van der Waals surface area contributed by atoms with Gasteiger partial charge in [-0.2, -0.15) is 10.5 Å². The monoisotopic (exact) mass is 714 g/mol. The molecule has 12 aromatic rings. The van der Waals surface area contributed by atoms with E-state index in [-0.39, 0.29) is 0 Å². The Bertz CT molecular complexity index is 3500. The average molecular weight is 715 g/mol. The summed E-state index contributed by atoms with van der Waals surface area (Å²) in [5.41, 5.74) is 11.3. The maximum Gasteiger partial charge on any atom is 0.136 e. The highest BCUT2D eigenvalue weighted by Gasteiger charge is 2.26. The van der Waals surface area contributed by atoms with Gasteiger partial charge in [0, 0.05) is 54.2 Å². The lowest BCUT2D eigenvalue weighted by Crippen LogP contribution is -2.05. The highest BCUT2D eigenvalue weighted by atomic mass is 16.3. The molecule has 0 amide bonds. The summed E-state index contributed by atoms with van der Waals surface area (Å²) in [6, 6.07) is 58.1. The van der Waals surface area contributed by atoms with Gasteiger partial charge in [0.25, 0.3) is 0 Å². The fourth-order valence-electron chi connectivity index (χ4n) is 9.21. The lowest BCUT2D eigenvalue weighted by molar-refractivity contribution is 0.669. The number of hydrogen-bond acceptors (Lipinski definition) is 4. The van der Waals surface area contributed by atoms with Crippen molar-refractivity contribution in [3.05, 3.63) is 169 Å². The summed E-state index contributed by atoms with van der Waals surface area (Å²) in [7, 11) is 0. The number of nitriles is 2. The van der Waals surface area contributed by atoms with Crippen LogP contribution in [0.5, 0.6) is 0 Å². The molecular weight excluding hydrogens is 689 g/mol. The van der Waals surface area contributed by atoms with Gasteiger partial charge < -0.3 is 18.0 Å². The second kappa shape index (κ2) is 11.2. The summed E-state index contributed by atoms with van der Waals surface area (Å²) < 4.78 is 17.2. The fourth-order valence-corrected chi connectivity index (χ4v) is 9.21. The van der Waals surface area contributed by atoms with E-state index in [0.717, 1.165) is 110 Å². The first-order chi connectivity index (χ1) is 27.7. The maximum absolute atomic E-state index is 10.9. The van der Waals surface area contributed by atoms with Crippen molar-refractivity contribution in [1.82, 2.24) is 9.13 Å². The molecule has 6 nitrogen and oxygen atoms in total. The van der Waals surface area contributed by atoms with E-state index in [2.05, 4.69) is 94.1 Å². The molecule has 0 atom stereocenters. The molecular formula is C50H26N4O2. The van der Waals surface area contributed by atoms with Gasteiger partial charge in [0.15, 0.2) is 0 Å². The second-order valence-electron chi connectivity index (χ2n) is 14.2. The molecule has 0 saturated heterocycles.